The molecule has 1 fully saturated rings. The second-order valence-corrected chi connectivity index (χ2v) is 8.30. The van der Waals surface area contributed by atoms with Crippen molar-refractivity contribution in [2.45, 2.75) is 24.7 Å². The van der Waals surface area contributed by atoms with Crippen molar-refractivity contribution in [3.05, 3.63) is 29.3 Å². The Morgan fingerprint density at radius 1 is 1.12 bits per heavy atom. The molecular weight excluding hydrogens is 344 g/mol. The van der Waals surface area contributed by atoms with Crippen LogP contribution in [0.5, 0.6) is 0 Å². The van der Waals surface area contributed by atoms with Crippen molar-refractivity contribution in [2.75, 3.05) is 38.5 Å². The number of aryl methyl sites for hydroxylation is 1. The predicted molar refractivity (Wildman–Crippen MR) is 91.3 cm³/mol. The van der Waals surface area contributed by atoms with Crippen molar-refractivity contribution in [3.63, 3.8) is 0 Å². The van der Waals surface area contributed by atoms with Gasteiger partial charge in [-0.25, -0.2) is 13.2 Å². The van der Waals surface area contributed by atoms with Gasteiger partial charge in [0.25, 0.3) is 5.91 Å². The van der Waals surface area contributed by atoms with Crippen LogP contribution in [0.3, 0.4) is 0 Å². The summed E-state index contributed by atoms with van der Waals surface area (Å²) in [5, 5.41) is 0. The molecule has 136 valence electrons. The van der Waals surface area contributed by atoms with Crippen LogP contribution in [-0.4, -0.2) is 68.8 Å². The average molecular weight is 366 g/mol. The molecule has 3 rings (SSSR count). The fourth-order valence-corrected chi connectivity index (χ4v) is 4.84. The number of amides is 2. The van der Waals surface area contributed by atoms with Crippen molar-refractivity contribution < 1.29 is 22.7 Å². The molecule has 1 saturated heterocycles. The van der Waals surface area contributed by atoms with Crippen molar-refractivity contribution in [2.24, 2.45) is 0 Å². The zero-order valence-electron chi connectivity index (χ0n) is 14.2. The average Bonchev–Trinajstić information content (AvgIpc) is 2.61. The van der Waals surface area contributed by atoms with Gasteiger partial charge < -0.3 is 14.5 Å². The molecule has 0 aromatic heterocycles. The van der Waals surface area contributed by atoms with Crippen molar-refractivity contribution in [1.82, 2.24) is 9.80 Å². The van der Waals surface area contributed by atoms with E-state index in [-0.39, 0.29) is 17.8 Å². The normalized spacial score (nSPS) is 19.2. The molecular formula is C17H22N2O5S. The van der Waals surface area contributed by atoms with E-state index in [1.807, 2.05) is 0 Å². The van der Waals surface area contributed by atoms with Gasteiger partial charge in [-0.1, -0.05) is 0 Å². The van der Waals surface area contributed by atoms with Gasteiger partial charge in [-0.05, 0) is 43.5 Å². The number of benzene rings is 1. The van der Waals surface area contributed by atoms with E-state index in [0.717, 1.165) is 5.56 Å². The summed E-state index contributed by atoms with van der Waals surface area (Å²) in [4.78, 5) is 28.0. The first-order chi connectivity index (χ1) is 11.9. The lowest BCUT2D eigenvalue weighted by molar-refractivity contribution is 0.0570. The van der Waals surface area contributed by atoms with Gasteiger partial charge >= 0.3 is 6.09 Å². The number of rotatable bonds is 2. The summed E-state index contributed by atoms with van der Waals surface area (Å²) in [5.41, 5.74) is 1.22. The van der Waals surface area contributed by atoms with Gasteiger partial charge in [-0.15, -0.1) is 0 Å². The van der Waals surface area contributed by atoms with Crippen LogP contribution in [0.15, 0.2) is 23.1 Å². The first-order valence-corrected chi connectivity index (χ1v) is 10.1. The van der Waals surface area contributed by atoms with Gasteiger partial charge in [0.05, 0.1) is 17.3 Å². The van der Waals surface area contributed by atoms with Gasteiger partial charge in [0, 0.05) is 31.7 Å². The maximum absolute atomic E-state index is 12.7. The molecule has 8 heteroatoms. The number of sulfone groups is 1. The smallest absolute Gasteiger partial charge is 0.409 e. The van der Waals surface area contributed by atoms with E-state index in [4.69, 9.17) is 4.74 Å². The minimum atomic E-state index is -3.21. The first kappa shape index (κ1) is 17.7. The number of ether oxygens (including phenoxy) is 1. The molecule has 25 heavy (non-hydrogen) atoms. The van der Waals surface area contributed by atoms with Gasteiger partial charge in [0.2, 0.25) is 0 Å². The summed E-state index contributed by atoms with van der Waals surface area (Å²) in [7, 11) is -3.21. The summed E-state index contributed by atoms with van der Waals surface area (Å²) in [5.74, 6) is 0.0395. The SMILES string of the molecule is CCOC(=O)N1CCN(C(=O)c2ccc3c(c2)CCCS3(=O)=O)CC1. The van der Waals surface area contributed by atoms with Gasteiger partial charge in [0.1, 0.15) is 0 Å². The van der Waals surface area contributed by atoms with Gasteiger partial charge in [-0.3, -0.25) is 4.79 Å². The molecule has 0 spiro atoms. The molecule has 2 aliphatic heterocycles. The maximum Gasteiger partial charge on any atom is 0.409 e. The third kappa shape index (κ3) is 3.63. The third-order valence-corrected chi connectivity index (χ3v) is 6.49. The van der Waals surface area contributed by atoms with E-state index in [2.05, 4.69) is 0 Å². The van der Waals surface area contributed by atoms with Crippen molar-refractivity contribution in [1.29, 1.82) is 0 Å². The lowest BCUT2D eigenvalue weighted by atomic mass is 10.1. The fourth-order valence-electron chi connectivity index (χ4n) is 3.26. The molecule has 2 amide bonds. The summed E-state index contributed by atoms with van der Waals surface area (Å²) < 4.78 is 29.1. The summed E-state index contributed by atoms with van der Waals surface area (Å²) in [6, 6.07) is 4.83. The monoisotopic (exact) mass is 366 g/mol. The van der Waals surface area contributed by atoms with E-state index >= 15 is 0 Å². The lowest BCUT2D eigenvalue weighted by Gasteiger charge is -2.34. The Morgan fingerprint density at radius 3 is 2.48 bits per heavy atom. The standard InChI is InChI=1S/C17H22N2O5S/c1-2-24-17(21)19-9-7-18(8-10-19)16(20)14-5-6-15-13(12-14)4-3-11-25(15,22)23/h5-6,12H,2-4,7-11H2,1H3. The summed E-state index contributed by atoms with van der Waals surface area (Å²) >= 11 is 0. The predicted octanol–water partition coefficient (Wildman–Crippen LogP) is 1.32. The molecule has 0 N–H and O–H groups in total. The lowest BCUT2D eigenvalue weighted by Crippen LogP contribution is -2.50. The second-order valence-electron chi connectivity index (χ2n) is 6.22. The molecule has 7 nitrogen and oxygen atoms in total. The van der Waals surface area contributed by atoms with E-state index in [1.54, 1.807) is 34.9 Å². The Bertz CT molecular complexity index is 782. The van der Waals surface area contributed by atoms with Crippen LogP contribution >= 0.6 is 0 Å². The highest BCUT2D eigenvalue weighted by Gasteiger charge is 2.28. The minimum Gasteiger partial charge on any atom is -0.450 e. The van der Waals surface area contributed by atoms with Crippen LogP contribution in [0, 0.1) is 0 Å². The first-order valence-electron chi connectivity index (χ1n) is 8.49. The van der Waals surface area contributed by atoms with E-state index < -0.39 is 9.84 Å². The zero-order chi connectivity index (χ0) is 18.0. The minimum absolute atomic E-state index is 0.130. The van der Waals surface area contributed by atoms with Crippen LogP contribution in [0.2, 0.25) is 0 Å². The van der Waals surface area contributed by atoms with Crippen molar-refractivity contribution >= 4 is 21.8 Å². The highest BCUT2D eigenvalue weighted by atomic mass is 32.2. The van der Waals surface area contributed by atoms with Gasteiger partial charge in [-0.2, -0.15) is 0 Å². The van der Waals surface area contributed by atoms with Gasteiger partial charge in [0.15, 0.2) is 9.84 Å². The van der Waals surface area contributed by atoms with E-state index in [1.165, 1.54) is 0 Å². The molecule has 0 saturated carbocycles. The zero-order valence-corrected chi connectivity index (χ0v) is 15.0. The van der Waals surface area contributed by atoms with Crippen molar-refractivity contribution in [3.8, 4) is 0 Å². The summed E-state index contributed by atoms with van der Waals surface area (Å²) in [6.45, 7) is 3.83. The third-order valence-electron chi connectivity index (χ3n) is 4.59. The van der Waals surface area contributed by atoms with Crippen LogP contribution in [0.25, 0.3) is 0 Å². The second kappa shape index (κ2) is 7.03. The number of fused-ring (bicyclic) bond motifs is 1. The highest BCUT2D eigenvalue weighted by Crippen LogP contribution is 2.26. The number of hydrogen-bond acceptors (Lipinski definition) is 5. The topological polar surface area (TPSA) is 84.0 Å². The number of hydrogen-bond donors (Lipinski definition) is 0. The number of piperazine rings is 1. The Labute approximate surface area is 147 Å². The molecule has 0 aliphatic carbocycles. The molecule has 1 aromatic rings. The maximum atomic E-state index is 12.7. The van der Waals surface area contributed by atoms with Crippen LogP contribution in [-0.2, 0) is 21.0 Å². The molecule has 0 atom stereocenters. The highest BCUT2D eigenvalue weighted by molar-refractivity contribution is 7.91. The quantitative estimate of drug-likeness (QED) is 0.788. The molecule has 0 bridgehead atoms. The van der Waals surface area contributed by atoms with Crippen LogP contribution in [0.4, 0.5) is 4.79 Å². The van der Waals surface area contributed by atoms with Crippen LogP contribution < -0.4 is 0 Å². The Hall–Kier alpha value is -2.09. The van der Waals surface area contributed by atoms with E-state index in [9.17, 15) is 18.0 Å². The molecule has 2 heterocycles. The fraction of sp³-hybridized carbons (Fsp3) is 0.529. The Kier molecular flexibility index (Phi) is 4.99. The number of nitrogens with zero attached hydrogens (tertiary/aromatic N) is 2. The Balaban J connectivity index is 1.70. The molecule has 0 unspecified atom stereocenters. The van der Waals surface area contributed by atoms with E-state index in [0.29, 0.717) is 56.1 Å². The molecule has 2 aliphatic rings. The Morgan fingerprint density at radius 2 is 1.80 bits per heavy atom. The molecule has 0 radical (unpaired) electrons. The summed E-state index contributed by atoms with van der Waals surface area (Å²) in [6.07, 6.45) is 0.908. The molecule has 1 aromatic carbocycles. The number of carbonyl (C=O) groups excluding carboxylic acids is 2. The largest absolute Gasteiger partial charge is 0.450 e. The number of carbonyl (C=O) groups is 2. The van der Waals surface area contributed by atoms with Crippen LogP contribution in [0.1, 0.15) is 29.3 Å².